The van der Waals surface area contributed by atoms with Crippen LogP contribution in [0.3, 0.4) is 0 Å². The van der Waals surface area contributed by atoms with Gasteiger partial charge in [-0.25, -0.2) is 4.98 Å². The molecular weight excluding hydrogens is 342 g/mol. The number of rotatable bonds is 2. The summed E-state index contributed by atoms with van der Waals surface area (Å²) in [7, 11) is 2.01. The molecular formula is C16H16BrN5. The fourth-order valence-electron chi connectivity index (χ4n) is 2.81. The number of fused-ring (bicyclic) bond motifs is 2. The van der Waals surface area contributed by atoms with E-state index in [1.807, 2.05) is 30.1 Å². The van der Waals surface area contributed by atoms with E-state index < -0.39 is 0 Å². The summed E-state index contributed by atoms with van der Waals surface area (Å²) in [6, 6.07) is 12.5. The molecule has 0 fully saturated rings. The van der Waals surface area contributed by atoms with E-state index in [2.05, 4.69) is 61.1 Å². The second-order valence-corrected chi connectivity index (χ2v) is 6.34. The van der Waals surface area contributed by atoms with Gasteiger partial charge in [0.15, 0.2) is 0 Å². The Morgan fingerprint density at radius 1 is 1.32 bits per heavy atom. The van der Waals surface area contributed by atoms with Crippen molar-refractivity contribution in [2.75, 3.05) is 17.3 Å². The summed E-state index contributed by atoms with van der Waals surface area (Å²) >= 11 is 3.51. The van der Waals surface area contributed by atoms with Gasteiger partial charge in [0.25, 0.3) is 0 Å². The molecule has 0 bridgehead atoms. The molecule has 1 atom stereocenters. The topological polar surface area (TPSA) is 53.9 Å². The van der Waals surface area contributed by atoms with Crippen LogP contribution in [0.25, 0.3) is 11.0 Å². The lowest BCUT2D eigenvalue weighted by Crippen LogP contribution is -2.37. The van der Waals surface area contributed by atoms with Crippen molar-refractivity contribution in [1.82, 2.24) is 14.9 Å². The number of aromatic nitrogens is 2. The van der Waals surface area contributed by atoms with Crippen LogP contribution in [0.2, 0.25) is 0 Å². The van der Waals surface area contributed by atoms with Gasteiger partial charge in [-0.05, 0) is 30.3 Å². The molecule has 2 aromatic carbocycles. The van der Waals surface area contributed by atoms with Crippen molar-refractivity contribution in [3.05, 3.63) is 52.8 Å². The maximum absolute atomic E-state index is 4.45. The molecule has 5 nitrogen and oxygen atoms in total. The maximum Gasteiger partial charge on any atom is 0.107 e. The quantitative estimate of drug-likeness (QED) is 0.657. The molecule has 0 amide bonds. The van der Waals surface area contributed by atoms with Gasteiger partial charge in [0.05, 0.1) is 24.0 Å². The van der Waals surface area contributed by atoms with Gasteiger partial charge >= 0.3 is 0 Å². The first-order chi connectivity index (χ1) is 10.7. The Morgan fingerprint density at radius 3 is 3.09 bits per heavy atom. The average molecular weight is 358 g/mol. The molecule has 2 heterocycles. The second-order valence-electron chi connectivity index (χ2n) is 5.43. The number of hydrogen-bond acceptors (Lipinski definition) is 4. The lowest BCUT2D eigenvalue weighted by Gasteiger charge is -2.29. The highest BCUT2D eigenvalue weighted by Gasteiger charge is 2.21. The third kappa shape index (κ3) is 2.34. The van der Waals surface area contributed by atoms with Crippen LogP contribution in [-0.4, -0.2) is 16.2 Å². The van der Waals surface area contributed by atoms with E-state index in [9.17, 15) is 0 Å². The zero-order valence-electron chi connectivity index (χ0n) is 12.1. The predicted octanol–water partition coefficient (Wildman–Crippen LogP) is 3.42. The Morgan fingerprint density at radius 2 is 2.23 bits per heavy atom. The lowest BCUT2D eigenvalue weighted by atomic mass is 10.1. The first-order valence-corrected chi connectivity index (χ1v) is 7.94. The van der Waals surface area contributed by atoms with E-state index in [0.29, 0.717) is 0 Å². The minimum Gasteiger partial charge on any atom is -0.372 e. The maximum atomic E-state index is 4.45. The van der Waals surface area contributed by atoms with E-state index in [1.165, 1.54) is 5.56 Å². The normalized spacial score (nSPS) is 17.1. The van der Waals surface area contributed by atoms with Gasteiger partial charge in [-0.15, -0.1) is 0 Å². The van der Waals surface area contributed by atoms with Crippen LogP contribution in [0.5, 0.6) is 0 Å². The molecule has 3 N–H and O–H groups in total. The molecule has 0 saturated heterocycles. The average Bonchev–Trinajstić information content (AvgIpc) is 2.87. The van der Waals surface area contributed by atoms with Crippen molar-refractivity contribution in [2.45, 2.75) is 6.17 Å². The summed E-state index contributed by atoms with van der Waals surface area (Å²) in [5.74, 6) is 0. The van der Waals surface area contributed by atoms with Crippen LogP contribution >= 0.6 is 15.9 Å². The van der Waals surface area contributed by atoms with Crippen molar-refractivity contribution in [2.24, 2.45) is 7.05 Å². The number of anilines is 2. The van der Waals surface area contributed by atoms with Crippen LogP contribution in [0.1, 0.15) is 11.7 Å². The van der Waals surface area contributed by atoms with E-state index >= 15 is 0 Å². The molecule has 0 aliphatic carbocycles. The Balaban J connectivity index is 1.73. The Labute approximate surface area is 136 Å². The van der Waals surface area contributed by atoms with Crippen LogP contribution in [-0.2, 0) is 7.05 Å². The number of imidazole rings is 1. The van der Waals surface area contributed by atoms with Gasteiger partial charge in [-0.2, -0.15) is 0 Å². The monoisotopic (exact) mass is 357 g/mol. The molecule has 22 heavy (non-hydrogen) atoms. The van der Waals surface area contributed by atoms with Crippen LogP contribution in [0, 0.1) is 0 Å². The van der Waals surface area contributed by atoms with Gasteiger partial charge in [-0.3, -0.25) is 5.32 Å². The highest BCUT2D eigenvalue weighted by Crippen LogP contribution is 2.31. The van der Waals surface area contributed by atoms with Gasteiger partial charge in [0.1, 0.15) is 6.17 Å². The Kier molecular flexibility index (Phi) is 3.28. The molecule has 0 saturated carbocycles. The summed E-state index contributed by atoms with van der Waals surface area (Å²) in [5.41, 5.74) is 5.53. The Bertz CT molecular complexity index is 842. The van der Waals surface area contributed by atoms with Crippen LogP contribution < -0.4 is 16.0 Å². The minimum absolute atomic E-state index is 0.0527. The number of nitrogens with one attached hydrogen (secondary N) is 3. The molecule has 0 spiro atoms. The molecule has 1 unspecified atom stereocenters. The molecule has 0 radical (unpaired) electrons. The number of nitrogens with zero attached hydrogens (tertiary/aromatic N) is 2. The first kappa shape index (κ1) is 13.6. The predicted molar refractivity (Wildman–Crippen MR) is 92.8 cm³/mol. The smallest absolute Gasteiger partial charge is 0.107 e. The van der Waals surface area contributed by atoms with E-state index in [4.69, 9.17) is 0 Å². The van der Waals surface area contributed by atoms with Crippen molar-refractivity contribution in [3.63, 3.8) is 0 Å². The third-order valence-corrected chi connectivity index (χ3v) is 4.42. The van der Waals surface area contributed by atoms with Gasteiger partial charge in [0, 0.05) is 28.5 Å². The highest BCUT2D eigenvalue weighted by atomic mass is 79.9. The van der Waals surface area contributed by atoms with E-state index in [-0.39, 0.29) is 6.17 Å². The highest BCUT2D eigenvalue weighted by molar-refractivity contribution is 9.10. The fourth-order valence-corrected chi connectivity index (χ4v) is 3.21. The molecule has 3 aromatic rings. The summed E-state index contributed by atoms with van der Waals surface area (Å²) in [5, 5.41) is 10.4. The van der Waals surface area contributed by atoms with E-state index in [1.54, 1.807) is 0 Å². The molecule has 6 heteroatoms. The van der Waals surface area contributed by atoms with Gasteiger partial charge in [0.2, 0.25) is 0 Å². The Hall–Kier alpha value is -2.05. The fraction of sp³-hybridized carbons (Fsp3) is 0.188. The third-order valence-electron chi connectivity index (χ3n) is 3.93. The molecule has 1 aliphatic heterocycles. The lowest BCUT2D eigenvalue weighted by molar-refractivity contribution is 0.597. The summed E-state index contributed by atoms with van der Waals surface area (Å²) in [4.78, 5) is 4.45. The zero-order valence-corrected chi connectivity index (χ0v) is 13.7. The number of benzene rings is 2. The van der Waals surface area contributed by atoms with Gasteiger partial charge < -0.3 is 15.2 Å². The summed E-state index contributed by atoms with van der Waals surface area (Å²) in [6.07, 6.45) is 1.90. The van der Waals surface area contributed by atoms with Crippen molar-refractivity contribution in [3.8, 4) is 0 Å². The number of aryl methyl sites for hydroxylation is 1. The molecule has 1 aromatic heterocycles. The first-order valence-electron chi connectivity index (χ1n) is 7.15. The molecule has 4 rings (SSSR count). The summed E-state index contributed by atoms with van der Waals surface area (Å²) < 4.78 is 3.10. The standard InChI is InChI=1S/C16H16BrN5/c1-22-9-20-14-6-12-13(7-15(14)22)18-8-19-16(12)21-11-4-2-3-10(17)5-11/h2-7,9,16,18-19,21H,8H2,1H3. The van der Waals surface area contributed by atoms with Crippen molar-refractivity contribution < 1.29 is 0 Å². The largest absolute Gasteiger partial charge is 0.372 e. The number of hydrogen-bond donors (Lipinski definition) is 3. The molecule has 112 valence electrons. The summed E-state index contributed by atoms with van der Waals surface area (Å²) in [6.45, 7) is 0.724. The minimum atomic E-state index is 0.0527. The van der Waals surface area contributed by atoms with Gasteiger partial charge in [-0.1, -0.05) is 22.0 Å². The van der Waals surface area contributed by atoms with Crippen LogP contribution in [0.15, 0.2) is 47.2 Å². The number of halogens is 1. The van der Waals surface area contributed by atoms with Crippen molar-refractivity contribution >= 4 is 38.3 Å². The SMILES string of the molecule is Cn1cnc2cc3c(cc21)NCNC3Nc1cccc(Br)c1. The van der Waals surface area contributed by atoms with Crippen LogP contribution in [0.4, 0.5) is 11.4 Å². The molecule has 1 aliphatic rings. The second kappa shape index (κ2) is 5.30. The van der Waals surface area contributed by atoms with Crippen molar-refractivity contribution in [1.29, 1.82) is 0 Å². The van der Waals surface area contributed by atoms with E-state index in [0.717, 1.165) is 33.5 Å². The zero-order chi connectivity index (χ0) is 15.1.